The lowest BCUT2D eigenvalue weighted by Crippen LogP contribution is -2.52. The lowest BCUT2D eigenvalue weighted by Gasteiger charge is -2.37. The highest BCUT2D eigenvalue weighted by molar-refractivity contribution is 5.94. The molecule has 4 rings (SSSR count). The maximum Gasteiger partial charge on any atom is 0.241 e. The summed E-state index contributed by atoms with van der Waals surface area (Å²) in [5.74, 6) is -0.0464. The van der Waals surface area contributed by atoms with Crippen molar-refractivity contribution in [2.75, 3.05) is 38.3 Å². The van der Waals surface area contributed by atoms with Gasteiger partial charge >= 0.3 is 0 Å². The van der Waals surface area contributed by atoms with Crippen LogP contribution < -0.4 is 14.8 Å². The summed E-state index contributed by atoms with van der Waals surface area (Å²) in [4.78, 5) is 16.8. The van der Waals surface area contributed by atoms with Crippen molar-refractivity contribution < 1.29 is 23.0 Å². The number of nitrogens with one attached hydrogen (secondary N) is 1. The number of hydrogen-bond acceptors (Lipinski definition) is 5. The van der Waals surface area contributed by atoms with Crippen LogP contribution in [-0.2, 0) is 11.3 Å². The average Bonchev–Trinajstić information content (AvgIpc) is 3.18. The number of carbonyl (C=O) groups is 1. The third-order valence-corrected chi connectivity index (χ3v) is 5.36. The number of piperazine rings is 1. The van der Waals surface area contributed by atoms with Gasteiger partial charge < -0.3 is 14.8 Å². The smallest absolute Gasteiger partial charge is 0.241 e. The van der Waals surface area contributed by atoms with Crippen LogP contribution in [0.1, 0.15) is 12.5 Å². The Labute approximate surface area is 168 Å². The van der Waals surface area contributed by atoms with E-state index >= 15 is 0 Å². The fourth-order valence-corrected chi connectivity index (χ4v) is 3.60. The summed E-state index contributed by atoms with van der Waals surface area (Å²) in [6.07, 6.45) is 0. The predicted octanol–water partition coefficient (Wildman–Crippen LogP) is 2.84. The first kappa shape index (κ1) is 19.6. The van der Waals surface area contributed by atoms with Crippen LogP contribution in [0.5, 0.6) is 11.5 Å². The summed E-state index contributed by atoms with van der Waals surface area (Å²) in [7, 11) is 0. The van der Waals surface area contributed by atoms with Gasteiger partial charge in [0.25, 0.3) is 0 Å². The maximum absolute atomic E-state index is 13.8. The molecule has 1 N–H and O–H groups in total. The van der Waals surface area contributed by atoms with Gasteiger partial charge in [0, 0.05) is 38.8 Å². The molecular formula is C21H23F2N3O3. The second kappa shape index (κ2) is 8.34. The third-order valence-electron chi connectivity index (χ3n) is 5.36. The average molecular weight is 403 g/mol. The van der Waals surface area contributed by atoms with Crippen LogP contribution in [-0.4, -0.2) is 54.7 Å². The number of ether oxygens (including phenoxy) is 2. The number of hydrogen-bond donors (Lipinski definition) is 1. The molecule has 0 unspecified atom stereocenters. The highest BCUT2D eigenvalue weighted by Gasteiger charge is 2.26. The Kier molecular flexibility index (Phi) is 5.64. The zero-order valence-electron chi connectivity index (χ0n) is 16.2. The van der Waals surface area contributed by atoms with Crippen molar-refractivity contribution in [3.8, 4) is 11.5 Å². The van der Waals surface area contributed by atoms with Crippen molar-refractivity contribution >= 4 is 11.6 Å². The normalized spacial score (nSPS) is 17.9. The first-order valence-electron chi connectivity index (χ1n) is 9.60. The van der Waals surface area contributed by atoms with E-state index in [-0.39, 0.29) is 18.4 Å². The Balaban J connectivity index is 1.29. The van der Waals surface area contributed by atoms with E-state index in [0.29, 0.717) is 13.1 Å². The van der Waals surface area contributed by atoms with Gasteiger partial charge in [0.2, 0.25) is 12.7 Å². The number of halogens is 2. The molecule has 1 amide bonds. The molecule has 0 aliphatic carbocycles. The Bertz CT molecular complexity index is 901. The fraction of sp³-hybridized carbons (Fsp3) is 0.381. The van der Waals surface area contributed by atoms with Crippen LogP contribution in [0.25, 0.3) is 0 Å². The van der Waals surface area contributed by atoms with E-state index < -0.39 is 17.7 Å². The van der Waals surface area contributed by atoms with E-state index in [4.69, 9.17) is 9.47 Å². The first-order chi connectivity index (χ1) is 14.0. The lowest BCUT2D eigenvalue weighted by atomic mass is 10.1. The highest BCUT2D eigenvalue weighted by Crippen LogP contribution is 2.32. The first-order valence-corrected chi connectivity index (χ1v) is 9.60. The van der Waals surface area contributed by atoms with E-state index in [1.807, 2.05) is 23.1 Å². The van der Waals surface area contributed by atoms with E-state index in [0.717, 1.165) is 54.9 Å². The quantitative estimate of drug-likeness (QED) is 0.832. The molecule has 2 aliphatic heterocycles. The molecule has 1 fully saturated rings. The molecule has 0 saturated carbocycles. The van der Waals surface area contributed by atoms with Crippen LogP contribution in [0, 0.1) is 11.6 Å². The topological polar surface area (TPSA) is 54.0 Å². The third kappa shape index (κ3) is 4.49. The van der Waals surface area contributed by atoms with Gasteiger partial charge in [-0.15, -0.1) is 0 Å². The maximum atomic E-state index is 13.8. The molecule has 2 heterocycles. The monoisotopic (exact) mass is 403 g/mol. The minimum absolute atomic E-state index is 0.136. The molecule has 0 radical (unpaired) electrons. The lowest BCUT2D eigenvalue weighted by molar-refractivity contribution is -0.121. The van der Waals surface area contributed by atoms with Crippen molar-refractivity contribution in [2.24, 2.45) is 0 Å². The van der Waals surface area contributed by atoms with Crippen LogP contribution in [0.4, 0.5) is 14.5 Å². The number of anilines is 1. The number of carbonyl (C=O) groups excluding carboxylic acids is 1. The van der Waals surface area contributed by atoms with Crippen molar-refractivity contribution in [1.82, 2.24) is 9.80 Å². The predicted molar refractivity (Wildman–Crippen MR) is 104 cm³/mol. The molecule has 0 bridgehead atoms. The van der Waals surface area contributed by atoms with Gasteiger partial charge in [0.05, 0.1) is 11.7 Å². The van der Waals surface area contributed by atoms with Crippen molar-refractivity contribution in [2.45, 2.75) is 19.5 Å². The SMILES string of the molecule is C[C@@H](C(=O)Nc1cc(F)ccc1F)N1CCN(Cc2ccc3c(c2)OCO3)CC1. The van der Waals surface area contributed by atoms with Crippen molar-refractivity contribution in [3.05, 3.63) is 53.6 Å². The summed E-state index contributed by atoms with van der Waals surface area (Å²) < 4.78 is 37.8. The van der Waals surface area contributed by atoms with E-state index in [1.165, 1.54) is 0 Å². The molecule has 8 heteroatoms. The minimum atomic E-state index is -0.652. The number of fused-ring (bicyclic) bond motifs is 1. The van der Waals surface area contributed by atoms with Gasteiger partial charge in [-0.2, -0.15) is 0 Å². The van der Waals surface area contributed by atoms with Crippen molar-refractivity contribution in [3.63, 3.8) is 0 Å². The summed E-state index contributed by atoms with van der Waals surface area (Å²) in [6.45, 7) is 5.87. The van der Waals surface area contributed by atoms with Gasteiger partial charge in [-0.25, -0.2) is 8.78 Å². The highest BCUT2D eigenvalue weighted by atomic mass is 19.1. The summed E-state index contributed by atoms with van der Waals surface area (Å²) in [6, 6.07) is 8.53. The molecule has 2 aromatic carbocycles. The summed E-state index contributed by atoms with van der Waals surface area (Å²) in [5.41, 5.74) is 1.01. The molecule has 2 aliphatic rings. The second-order valence-corrected chi connectivity index (χ2v) is 7.29. The van der Waals surface area contributed by atoms with E-state index in [1.54, 1.807) is 6.92 Å². The molecule has 1 saturated heterocycles. The standard InChI is InChI=1S/C21H23F2N3O3/c1-14(21(27)24-18-11-16(22)3-4-17(18)23)26-8-6-25(7-9-26)12-15-2-5-19-20(10-15)29-13-28-19/h2-5,10-11,14H,6-9,12-13H2,1H3,(H,24,27)/t14-/m0/s1. The zero-order valence-corrected chi connectivity index (χ0v) is 16.2. The summed E-state index contributed by atoms with van der Waals surface area (Å²) >= 11 is 0. The van der Waals surface area contributed by atoms with Gasteiger partial charge in [-0.05, 0) is 36.8 Å². The Morgan fingerprint density at radius 3 is 2.62 bits per heavy atom. The number of benzene rings is 2. The fourth-order valence-electron chi connectivity index (χ4n) is 3.60. The number of rotatable bonds is 5. The number of nitrogens with zero attached hydrogens (tertiary/aromatic N) is 2. The molecule has 29 heavy (non-hydrogen) atoms. The second-order valence-electron chi connectivity index (χ2n) is 7.29. The molecule has 6 nitrogen and oxygen atoms in total. The van der Waals surface area contributed by atoms with E-state index in [2.05, 4.69) is 10.2 Å². The molecular weight excluding hydrogens is 380 g/mol. The molecule has 1 atom stereocenters. The van der Waals surface area contributed by atoms with Crippen LogP contribution in [0.15, 0.2) is 36.4 Å². The van der Waals surface area contributed by atoms with Gasteiger partial charge in [0.15, 0.2) is 11.5 Å². The van der Waals surface area contributed by atoms with Gasteiger partial charge in [0.1, 0.15) is 11.6 Å². The molecule has 0 aromatic heterocycles. The van der Waals surface area contributed by atoms with E-state index in [9.17, 15) is 13.6 Å². The summed E-state index contributed by atoms with van der Waals surface area (Å²) in [5, 5.41) is 2.49. The van der Waals surface area contributed by atoms with Crippen molar-refractivity contribution in [1.29, 1.82) is 0 Å². The van der Waals surface area contributed by atoms with Crippen LogP contribution >= 0.6 is 0 Å². The Hall–Kier alpha value is -2.71. The minimum Gasteiger partial charge on any atom is -0.454 e. The van der Waals surface area contributed by atoms with Crippen LogP contribution in [0.3, 0.4) is 0 Å². The van der Waals surface area contributed by atoms with Gasteiger partial charge in [-0.3, -0.25) is 14.6 Å². The Morgan fingerprint density at radius 1 is 1.07 bits per heavy atom. The Morgan fingerprint density at radius 2 is 1.83 bits per heavy atom. The zero-order chi connectivity index (χ0) is 20.4. The van der Waals surface area contributed by atoms with Gasteiger partial charge in [-0.1, -0.05) is 6.07 Å². The number of amides is 1. The largest absolute Gasteiger partial charge is 0.454 e. The molecule has 0 spiro atoms. The van der Waals surface area contributed by atoms with Crippen LogP contribution in [0.2, 0.25) is 0 Å². The molecule has 2 aromatic rings. The molecule has 154 valence electrons.